The number of fused-ring (bicyclic) bond motifs is 1. The lowest BCUT2D eigenvalue weighted by molar-refractivity contribution is 0.102. The number of halogens is 1. The highest BCUT2D eigenvalue weighted by Gasteiger charge is 2.24. The minimum absolute atomic E-state index is 0.00640. The molecule has 2 aromatic carbocycles. The van der Waals surface area contributed by atoms with Crippen molar-refractivity contribution in [3.63, 3.8) is 0 Å². The molecule has 0 atom stereocenters. The van der Waals surface area contributed by atoms with E-state index in [1.165, 1.54) is 29.3 Å². The van der Waals surface area contributed by atoms with Gasteiger partial charge in [-0.2, -0.15) is 0 Å². The Labute approximate surface area is 148 Å². The van der Waals surface area contributed by atoms with Crippen molar-refractivity contribution in [1.82, 2.24) is 4.98 Å². The Kier molecular flexibility index (Phi) is 3.96. The molecule has 1 N–H and O–H groups in total. The number of nitrogens with zero attached hydrogens (tertiary/aromatic N) is 2. The summed E-state index contributed by atoms with van der Waals surface area (Å²) < 4.78 is 19.1. The van der Waals surface area contributed by atoms with Gasteiger partial charge in [-0.05, 0) is 30.3 Å². The van der Waals surface area contributed by atoms with Gasteiger partial charge in [0.05, 0.1) is 23.3 Å². The number of amides is 2. The lowest BCUT2D eigenvalue weighted by atomic mass is 10.1. The number of cyclic esters (lactones) is 1. The van der Waals surface area contributed by atoms with E-state index in [1.54, 1.807) is 24.3 Å². The zero-order valence-corrected chi connectivity index (χ0v) is 13.6. The Balaban J connectivity index is 1.66. The van der Waals surface area contributed by atoms with Crippen LogP contribution in [0.4, 0.5) is 20.6 Å². The number of ether oxygens (including phenoxy) is 1. The van der Waals surface area contributed by atoms with Crippen molar-refractivity contribution in [2.24, 2.45) is 0 Å². The summed E-state index contributed by atoms with van der Waals surface area (Å²) in [5, 5.41) is 3.25. The fraction of sp³-hybridized carbons (Fsp3) is 0.105. The third-order valence-corrected chi connectivity index (χ3v) is 4.16. The van der Waals surface area contributed by atoms with Crippen LogP contribution < -0.4 is 10.2 Å². The summed E-state index contributed by atoms with van der Waals surface area (Å²) in [6.45, 7) is 0.660. The van der Waals surface area contributed by atoms with Gasteiger partial charge >= 0.3 is 6.09 Å². The molecule has 130 valence electrons. The number of hydrogen-bond donors (Lipinski definition) is 1. The molecule has 0 unspecified atom stereocenters. The number of pyridine rings is 1. The van der Waals surface area contributed by atoms with Crippen LogP contribution in [-0.2, 0) is 4.74 Å². The van der Waals surface area contributed by atoms with Gasteiger partial charge in [0, 0.05) is 17.3 Å². The number of carbonyl (C=O) groups is 2. The normalized spacial score (nSPS) is 13.7. The molecule has 0 aliphatic carbocycles. The Morgan fingerprint density at radius 3 is 2.85 bits per heavy atom. The number of rotatable bonds is 3. The highest BCUT2D eigenvalue weighted by molar-refractivity contribution is 6.12. The second-order valence-corrected chi connectivity index (χ2v) is 5.76. The maximum absolute atomic E-state index is 14.2. The standard InChI is InChI=1S/C19H14FN3O3/c20-15-6-5-12(23-9-10-26-19(23)25)11-17(15)22-18(24)14-7-8-21-16-4-2-1-3-13(14)16/h1-8,11H,9-10H2,(H,22,24). The number of para-hydroxylation sites is 1. The monoisotopic (exact) mass is 351 g/mol. The molecule has 0 saturated carbocycles. The molecule has 1 saturated heterocycles. The Morgan fingerprint density at radius 1 is 1.19 bits per heavy atom. The highest BCUT2D eigenvalue weighted by Crippen LogP contribution is 2.26. The molecule has 2 heterocycles. The Hall–Kier alpha value is -3.48. The quantitative estimate of drug-likeness (QED) is 0.783. The van der Waals surface area contributed by atoms with Crippen LogP contribution in [0.5, 0.6) is 0 Å². The summed E-state index contributed by atoms with van der Waals surface area (Å²) in [4.78, 5) is 29.9. The number of nitrogens with one attached hydrogen (secondary N) is 1. The second-order valence-electron chi connectivity index (χ2n) is 5.76. The van der Waals surface area contributed by atoms with Gasteiger partial charge in [-0.15, -0.1) is 0 Å². The average Bonchev–Trinajstić information content (AvgIpc) is 3.09. The summed E-state index contributed by atoms with van der Waals surface area (Å²) in [7, 11) is 0. The number of carbonyl (C=O) groups excluding carboxylic acids is 2. The van der Waals surface area contributed by atoms with Crippen LogP contribution in [0.15, 0.2) is 54.7 Å². The predicted octanol–water partition coefficient (Wildman–Crippen LogP) is 3.58. The van der Waals surface area contributed by atoms with Crippen molar-refractivity contribution in [1.29, 1.82) is 0 Å². The minimum Gasteiger partial charge on any atom is -0.447 e. The van der Waals surface area contributed by atoms with Crippen LogP contribution in [0.2, 0.25) is 0 Å². The van der Waals surface area contributed by atoms with E-state index in [0.29, 0.717) is 28.7 Å². The smallest absolute Gasteiger partial charge is 0.414 e. The minimum atomic E-state index is -0.590. The van der Waals surface area contributed by atoms with Crippen molar-refractivity contribution in [3.05, 3.63) is 66.1 Å². The molecule has 1 aromatic heterocycles. The summed E-state index contributed by atoms with van der Waals surface area (Å²) >= 11 is 0. The van der Waals surface area contributed by atoms with E-state index in [-0.39, 0.29) is 12.3 Å². The largest absolute Gasteiger partial charge is 0.447 e. The van der Waals surface area contributed by atoms with E-state index in [1.807, 2.05) is 6.07 Å². The van der Waals surface area contributed by atoms with Crippen molar-refractivity contribution in [2.45, 2.75) is 0 Å². The Bertz CT molecular complexity index is 1020. The first-order valence-electron chi connectivity index (χ1n) is 8.02. The molecule has 7 heteroatoms. The number of benzene rings is 2. The van der Waals surface area contributed by atoms with Gasteiger partial charge < -0.3 is 10.1 Å². The van der Waals surface area contributed by atoms with E-state index in [4.69, 9.17) is 4.74 Å². The van der Waals surface area contributed by atoms with Gasteiger partial charge in [-0.1, -0.05) is 18.2 Å². The van der Waals surface area contributed by atoms with E-state index < -0.39 is 17.8 Å². The number of aromatic nitrogens is 1. The third-order valence-electron chi connectivity index (χ3n) is 4.16. The van der Waals surface area contributed by atoms with E-state index in [0.717, 1.165) is 0 Å². The van der Waals surface area contributed by atoms with Gasteiger partial charge in [0.2, 0.25) is 0 Å². The molecule has 6 nitrogen and oxygen atoms in total. The van der Waals surface area contributed by atoms with E-state index >= 15 is 0 Å². The first kappa shape index (κ1) is 16.0. The van der Waals surface area contributed by atoms with Gasteiger partial charge in [-0.25, -0.2) is 9.18 Å². The van der Waals surface area contributed by atoms with Gasteiger partial charge in [0.25, 0.3) is 5.91 Å². The molecule has 3 aromatic rings. The molecule has 0 radical (unpaired) electrons. The molecule has 1 aliphatic rings. The topological polar surface area (TPSA) is 71.5 Å². The fourth-order valence-electron chi connectivity index (χ4n) is 2.89. The van der Waals surface area contributed by atoms with Crippen LogP contribution in [0, 0.1) is 5.82 Å². The van der Waals surface area contributed by atoms with Crippen molar-refractivity contribution < 1.29 is 18.7 Å². The maximum atomic E-state index is 14.2. The van der Waals surface area contributed by atoms with Crippen LogP contribution in [0.3, 0.4) is 0 Å². The van der Waals surface area contributed by atoms with Gasteiger partial charge in [-0.3, -0.25) is 14.7 Å². The number of anilines is 2. The molecular formula is C19H14FN3O3. The average molecular weight is 351 g/mol. The van der Waals surface area contributed by atoms with Crippen LogP contribution in [0.1, 0.15) is 10.4 Å². The maximum Gasteiger partial charge on any atom is 0.414 e. The first-order valence-corrected chi connectivity index (χ1v) is 8.02. The summed E-state index contributed by atoms with van der Waals surface area (Å²) in [5.41, 5.74) is 1.52. The van der Waals surface area contributed by atoms with Crippen LogP contribution in [0.25, 0.3) is 10.9 Å². The number of hydrogen-bond acceptors (Lipinski definition) is 4. The second kappa shape index (κ2) is 6.44. The first-order chi connectivity index (χ1) is 12.6. The summed E-state index contributed by atoms with van der Waals surface area (Å²) in [6, 6.07) is 12.9. The zero-order valence-electron chi connectivity index (χ0n) is 13.6. The lowest BCUT2D eigenvalue weighted by Gasteiger charge is -2.15. The fourth-order valence-corrected chi connectivity index (χ4v) is 2.89. The Morgan fingerprint density at radius 2 is 2.04 bits per heavy atom. The lowest BCUT2D eigenvalue weighted by Crippen LogP contribution is -2.23. The molecule has 4 rings (SSSR count). The highest BCUT2D eigenvalue weighted by atomic mass is 19.1. The zero-order chi connectivity index (χ0) is 18.1. The summed E-state index contributed by atoms with van der Waals surface area (Å²) in [5.74, 6) is -1.04. The summed E-state index contributed by atoms with van der Waals surface area (Å²) in [6.07, 6.45) is 1.04. The van der Waals surface area contributed by atoms with Crippen molar-refractivity contribution in [3.8, 4) is 0 Å². The van der Waals surface area contributed by atoms with E-state index in [9.17, 15) is 14.0 Å². The van der Waals surface area contributed by atoms with Crippen molar-refractivity contribution in [2.75, 3.05) is 23.4 Å². The van der Waals surface area contributed by atoms with Crippen molar-refractivity contribution >= 4 is 34.3 Å². The molecule has 2 amide bonds. The molecule has 0 bridgehead atoms. The van der Waals surface area contributed by atoms with Crippen LogP contribution in [-0.4, -0.2) is 30.1 Å². The molecule has 26 heavy (non-hydrogen) atoms. The van der Waals surface area contributed by atoms with E-state index in [2.05, 4.69) is 10.3 Å². The van der Waals surface area contributed by atoms with Gasteiger partial charge in [0.1, 0.15) is 12.4 Å². The molecule has 1 aliphatic heterocycles. The molecule has 1 fully saturated rings. The predicted molar refractivity (Wildman–Crippen MR) is 94.8 cm³/mol. The van der Waals surface area contributed by atoms with Gasteiger partial charge in [0.15, 0.2) is 0 Å². The SMILES string of the molecule is O=C(Nc1cc(N2CCOC2=O)ccc1F)c1ccnc2ccccc12. The molecule has 0 spiro atoms. The molecular weight excluding hydrogens is 337 g/mol. The third kappa shape index (κ3) is 2.83. The van der Waals surface area contributed by atoms with Crippen LogP contribution >= 0.6 is 0 Å².